The molecule has 0 heterocycles. The lowest BCUT2D eigenvalue weighted by Gasteiger charge is -2.10. The number of hydrogen-bond acceptors (Lipinski definition) is 4. The van der Waals surface area contributed by atoms with Gasteiger partial charge in [-0.2, -0.15) is 0 Å². The summed E-state index contributed by atoms with van der Waals surface area (Å²) >= 11 is 0. The highest BCUT2D eigenvalue weighted by Gasteiger charge is 2.15. The molecule has 0 aliphatic heterocycles. The Balaban J connectivity index is 2.74. The van der Waals surface area contributed by atoms with Crippen molar-refractivity contribution >= 4 is 5.69 Å². The Bertz CT molecular complexity index is 433. The molecule has 1 aromatic rings. The molecule has 1 rings (SSSR count). The number of benzene rings is 1. The largest absolute Gasteiger partial charge is 0.487 e. The van der Waals surface area contributed by atoms with E-state index in [1.807, 2.05) is 0 Å². The van der Waals surface area contributed by atoms with E-state index in [0.717, 1.165) is 24.9 Å². The van der Waals surface area contributed by atoms with E-state index in [4.69, 9.17) is 4.74 Å². The topological polar surface area (TPSA) is 64.4 Å². The molecule has 0 amide bonds. The van der Waals surface area contributed by atoms with Crippen molar-refractivity contribution in [2.24, 2.45) is 5.92 Å². The predicted octanol–water partition coefficient (Wildman–Crippen LogP) is 3.52. The van der Waals surface area contributed by atoms with Crippen molar-refractivity contribution in [3.8, 4) is 5.75 Å². The van der Waals surface area contributed by atoms with Gasteiger partial charge in [-0.1, -0.05) is 26.8 Å². The number of hydrogen-bond donors (Lipinski definition) is 1. The van der Waals surface area contributed by atoms with Crippen LogP contribution in [0.25, 0.3) is 0 Å². The van der Waals surface area contributed by atoms with Crippen molar-refractivity contribution in [1.29, 1.82) is 0 Å². The zero-order valence-electron chi connectivity index (χ0n) is 12.5. The SMILES string of the molecule is CCCNCc1ccc([N+](=O)[O-])c(OCCC(C)C)c1. The fourth-order valence-electron chi connectivity index (χ4n) is 1.75. The van der Waals surface area contributed by atoms with Crippen molar-refractivity contribution in [2.75, 3.05) is 13.2 Å². The quantitative estimate of drug-likeness (QED) is 0.427. The normalized spacial score (nSPS) is 10.8. The summed E-state index contributed by atoms with van der Waals surface area (Å²) in [6, 6.07) is 5.06. The van der Waals surface area contributed by atoms with Crippen LogP contribution in [-0.4, -0.2) is 18.1 Å². The fourth-order valence-corrected chi connectivity index (χ4v) is 1.75. The van der Waals surface area contributed by atoms with Crippen LogP contribution < -0.4 is 10.1 Å². The molecular weight excluding hydrogens is 256 g/mol. The van der Waals surface area contributed by atoms with Gasteiger partial charge in [-0.05, 0) is 36.9 Å². The van der Waals surface area contributed by atoms with Crippen molar-refractivity contribution in [3.05, 3.63) is 33.9 Å². The molecule has 0 saturated carbocycles. The summed E-state index contributed by atoms with van der Waals surface area (Å²) in [5, 5.41) is 14.3. The van der Waals surface area contributed by atoms with E-state index in [2.05, 4.69) is 26.1 Å². The summed E-state index contributed by atoms with van der Waals surface area (Å²) in [4.78, 5) is 10.6. The molecule has 0 spiro atoms. The van der Waals surface area contributed by atoms with E-state index in [-0.39, 0.29) is 5.69 Å². The smallest absolute Gasteiger partial charge is 0.310 e. The highest BCUT2D eigenvalue weighted by molar-refractivity contribution is 5.48. The Labute approximate surface area is 120 Å². The van der Waals surface area contributed by atoms with Gasteiger partial charge in [0.05, 0.1) is 11.5 Å². The van der Waals surface area contributed by atoms with Crippen LogP contribution in [0.3, 0.4) is 0 Å². The third-order valence-electron chi connectivity index (χ3n) is 2.93. The van der Waals surface area contributed by atoms with Gasteiger partial charge in [0.15, 0.2) is 5.75 Å². The van der Waals surface area contributed by atoms with Crippen molar-refractivity contribution in [2.45, 2.75) is 40.2 Å². The van der Waals surface area contributed by atoms with Crippen LogP contribution >= 0.6 is 0 Å². The van der Waals surface area contributed by atoms with Gasteiger partial charge < -0.3 is 10.1 Å². The molecule has 0 aliphatic rings. The van der Waals surface area contributed by atoms with Gasteiger partial charge in [0, 0.05) is 12.6 Å². The average Bonchev–Trinajstić information content (AvgIpc) is 2.38. The van der Waals surface area contributed by atoms with Gasteiger partial charge >= 0.3 is 5.69 Å². The van der Waals surface area contributed by atoms with Crippen molar-refractivity contribution in [1.82, 2.24) is 5.32 Å². The highest BCUT2D eigenvalue weighted by atomic mass is 16.6. The van der Waals surface area contributed by atoms with Crippen molar-refractivity contribution in [3.63, 3.8) is 0 Å². The van der Waals surface area contributed by atoms with E-state index < -0.39 is 4.92 Å². The Morgan fingerprint density at radius 3 is 2.75 bits per heavy atom. The molecule has 0 aliphatic carbocycles. The standard InChI is InChI=1S/C15H24N2O3/c1-4-8-16-11-13-5-6-14(17(18)19)15(10-13)20-9-7-12(2)3/h5-6,10,12,16H,4,7-9,11H2,1-3H3. The van der Waals surface area contributed by atoms with Crippen LogP contribution in [-0.2, 0) is 6.54 Å². The second-order valence-electron chi connectivity index (χ2n) is 5.27. The molecule has 112 valence electrons. The van der Waals surface area contributed by atoms with Crippen LogP contribution in [0.1, 0.15) is 39.2 Å². The second-order valence-corrected chi connectivity index (χ2v) is 5.27. The van der Waals surface area contributed by atoms with E-state index in [1.165, 1.54) is 6.07 Å². The number of nitro groups is 1. The minimum atomic E-state index is -0.395. The molecule has 0 radical (unpaired) electrons. The number of rotatable bonds is 9. The first-order valence-electron chi connectivity index (χ1n) is 7.15. The van der Waals surface area contributed by atoms with Crippen molar-refractivity contribution < 1.29 is 9.66 Å². The Morgan fingerprint density at radius 2 is 2.15 bits per heavy atom. The number of ether oxygens (including phenoxy) is 1. The lowest BCUT2D eigenvalue weighted by Crippen LogP contribution is -2.14. The first-order valence-corrected chi connectivity index (χ1v) is 7.15. The molecule has 1 N–H and O–H groups in total. The van der Waals surface area contributed by atoms with Gasteiger partial charge in [-0.3, -0.25) is 10.1 Å². The maximum atomic E-state index is 11.0. The van der Waals surface area contributed by atoms with E-state index >= 15 is 0 Å². The third-order valence-corrected chi connectivity index (χ3v) is 2.93. The summed E-state index contributed by atoms with van der Waals surface area (Å²) in [7, 11) is 0. The van der Waals surface area contributed by atoms with Gasteiger partial charge in [-0.15, -0.1) is 0 Å². The van der Waals surface area contributed by atoms with E-state index in [9.17, 15) is 10.1 Å². The summed E-state index contributed by atoms with van der Waals surface area (Å²) in [5.41, 5.74) is 1.04. The lowest BCUT2D eigenvalue weighted by molar-refractivity contribution is -0.385. The molecule has 0 aromatic heterocycles. The molecule has 0 unspecified atom stereocenters. The lowest BCUT2D eigenvalue weighted by atomic mass is 10.1. The maximum absolute atomic E-state index is 11.0. The molecule has 20 heavy (non-hydrogen) atoms. The summed E-state index contributed by atoms with van der Waals surface area (Å²) in [6.45, 7) is 8.44. The molecule has 0 saturated heterocycles. The van der Waals surface area contributed by atoms with E-state index in [0.29, 0.717) is 24.8 Å². The minimum Gasteiger partial charge on any atom is -0.487 e. The molecule has 0 fully saturated rings. The number of nitrogens with one attached hydrogen (secondary N) is 1. The van der Waals surface area contributed by atoms with Gasteiger partial charge in [0.1, 0.15) is 0 Å². The zero-order chi connectivity index (χ0) is 15.0. The van der Waals surface area contributed by atoms with Gasteiger partial charge in [0.25, 0.3) is 0 Å². The second kappa shape index (κ2) is 8.53. The van der Waals surface area contributed by atoms with Crippen LogP contribution in [0.2, 0.25) is 0 Å². The average molecular weight is 280 g/mol. The van der Waals surface area contributed by atoms with E-state index in [1.54, 1.807) is 12.1 Å². The molecule has 0 bridgehead atoms. The van der Waals surface area contributed by atoms with Crippen LogP contribution in [0.5, 0.6) is 5.75 Å². The van der Waals surface area contributed by atoms with Crippen LogP contribution in [0.4, 0.5) is 5.69 Å². The molecule has 0 atom stereocenters. The molecule has 1 aromatic carbocycles. The Kier molecular flexibility index (Phi) is 7.01. The van der Waals surface area contributed by atoms with Gasteiger partial charge in [0.2, 0.25) is 0 Å². The first kappa shape index (κ1) is 16.4. The van der Waals surface area contributed by atoms with Crippen LogP contribution in [0, 0.1) is 16.0 Å². The molecular formula is C15H24N2O3. The highest BCUT2D eigenvalue weighted by Crippen LogP contribution is 2.28. The molecule has 5 heteroatoms. The summed E-state index contributed by atoms with van der Waals surface area (Å²) in [5.74, 6) is 0.884. The number of nitrogens with zero attached hydrogens (tertiary/aromatic N) is 1. The monoisotopic (exact) mass is 280 g/mol. The third kappa shape index (κ3) is 5.57. The first-order chi connectivity index (χ1) is 9.54. The fraction of sp³-hybridized carbons (Fsp3) is 0.600. The summed E-state index contributed by atoms with van der Waals surface area (Å²) in [6.07, 6.45) is 1.94. The predicted molar refractivity (Wildman–Crippen MR) is 80.0 cm³/mol. The summed E-state index contributed by atoms with van der Waals surface area (Å²) < 4.78 is 5.59. The zero-order valence-corrected chi connectivity index (χ0v) is 12.5. The Hall–Kier alpha value is -1.62. The maximum Gasteiger partial charge on any atom is 0.310 e. The van der Waals surface area contributed by atoms with Gasteiger partial charge in [-0.25, -0.2) is 0 Å². The minimum absolute atomic E-state index is 0.0352. The molecule has 5 nitrogen and oxygen atoms in total. The van der Waals surface area contributed by atoms with Crippen LogP contribution in [0.15, 0.2) is 18.2 Å². The number of nitro benzene ring substituents is 1. The Morgan fingerprint density at radius 1 is 1.40 bits per heavy atom.